The summed E-state index contributed by atoms with van der Waals surface area (Å²) in [5.41, 5.74) is -0.0555. The molecule has 0 aromatic carbocycles. The Morgan fingerprint density at radius 3 is 2.56 bits per heavy atom. The largest absolute Gasteiger partial charge is 0.481 e. The quantitative estimate of drug-likeness (QED) is 0.881. The van der Waals surface area contributed by atoms with Crippen molar-refractivity contribution in [3.05, 3.63) is 30.1 Å². The van der Waals surface area contributed by atoms with Crippen LogP contribution in [0.15, 0.2) is 24.4 Å². The van der Waals surface area contributed by atoms with Gasteiger partial charge in [0.25, 0.3) is 0 Å². The zero-order chi connectivity index (χ0) is 12.6. The van der Waals surface area contributed by atoms with E-state index in [1.807, 2.05) is 18.2 Å². The number of aliphatic carboxylic acids is 1. The normalized spacial score (nSPS) is 23.8. The van der Waals surface area contributed by atoms with Crippen LogP contribution in [0.4, 0.5) is 0 Å². The Labute approximate surface area is 107 Å². The summed E-state index contributed by atoms with van der Waals surface area (Å²) in [6, 6.07) is 6.28. The van der Waals surface area contributed by atoms with Crippen molar-refractivity contribution in [1.82, 2.24) is 9.88 Å². The van der Waals surface area contributed by atoms with Crippen LogP contribution in [0.2, 0.25) is 0 Å². The summed E-state index contributed by atoms with van der Waals surface area (Å²) in [6.07, 6.45) is 5.60. The summed E-state index contributed by atoms with van der Waals surface area (Å²) < 4.78 is 0. The molecule has 1 saturated heterocycles. The molecule has 2 heterocycles. The van der Waals surface area contributed by atoms with E-state index in [2.05, 4.69) is 9.88 Å². The number of nitrogens with zero attached hydrogens (tertiary/aromatic N) is 2. The number of carboxylic acid groups (broad SMARTS) is 1. The van der Waals surface area contributed by atoms with Gasteiger partial charge in [0.1, 0.15) is 5.41 Å². The first-order chi connectivity index (χ1) is 8.72. The van der Waals surface area contributed by atoms with Crippen LogP contribution in [0, 0.1) is 0 Å². The van der Waals surface area contributed by atoms with Gasteiger partial charge in [-0.3, -0.25) is 9.78 Å². The number of rotatable bonds is 3. The molecule has 0 amide bonds. The van der Waals surface area contributed by atoms with Crippen molar-refractivity contribution < 1.29 is 9.90 Å². The summed E-state index contributed by atoms with van der Waals surface area (Å²) >= 11 is 0. The van der Waals surface area contributed by atoms with Crippen molar-refractivity contribution in [3.8, 4) is 0 Å². The molecular formula is C14H18N2O2. The Bertz CT molecular complexity index is 434. The Morgan fingerprint density at radius 1 is 1.33 bits per heavy atom. The second kappa shape index (κ2) is 4.35. The van der Waals surface area contributed by atoms with E-state index in [0.717, 1.165) is 19.1 Å². The molecule has 1 N–H and O–H groups in total. The van der Waals surface area contributed by atoms with Gasteiger partial charge in [-0.2, -0.15) is 0 Å². The van der Waals surface area contributed by atoms with Crippen molar-refractivity contribution in [2.24, 2.45) is 0 Å². The first-order valence-corrected chi connectivity index (χ1v) is 6.61. The lowest BCUT2D eigenvalue weighted by atomic mass is 9.75. The molecule has 1 saturated carbocycles. The average Bonchev–Trinajstić information content (AvgIpc) is 3.24. The number of aromatic nitrogens is 1. The van der Waals surface area contributed by atoms with Gasteiger partial charge >= 0.3 is 5.97 Å². The molecule has 3 rings (SSSR count). The molecule has 96 valence electrons. The number of hydrogen-bond acceptors (Lipinski definition) is 3. The predicted molar refractivity (Wildman–Crippen MR) is 67.4 cm³/mol. The van der Waals surface area contributed by atoms with Crippen molar-refractivity contribution in [1.29, 1.82) is 0 Å². The summed E-state index contributed by atoms with van der Waals surface area (Å²) in [7, 11) is 0. The molecule has 0 unspecified atom stereocenters. The number of hydrogen-bond donors (Lipinski definition) is 1. The summed E-state index contributed by atoms with van der Waals surface area (Å²) in [5.74, 6) is -0.725. The highest BCUT2D eigenvalue weighted by Crippen LogP contribution is 2.38. The molecule has 0 atom stereocenters. The minimum Gasteiger partial charge on any atom is -0.481 e. The SMILES string of the molecule is O=C(O)C1(c2ccccn2)CCN(C2CC2)CC1. The van der Waals surface area contributed by atoms with Gasteiger partial charge in [0.05, 0.1) is 5.69 Å². The van der Waals surface area contributed by atoms with Gasteiger partial charge in [-0.15, -0.1) is 0 Å². The van der Waals surface area contributed by atoms with E-state index in [9.17, 15) is 9.90 Å². The van der Waals surface area contributed by atoms with Crippen LogP contribution < -0.4 is 0 Å². The van der Waals surface area contributed by atoms with E-state index in [1.54, 1.807) is 6.20 Å². The monoisotopic (exact) mass is 246 g/mol. The number of likely N-dealkylation sites (tertiary alicyclic amines) is 1. The van der Waals surface area contributed by atoms with Gasteiger partial charge in [0.15, 0.2) is 0 Å². The van der Waals surface area contributed by atoms with Crippen LogP contribution >= 0.6 is 0 Å². The minimum absolute atomic E-state index is 0.676. The van der Waals surface area contributed by atoms with Crippen LogP contribution in [-0.4, -0.2) is 40.1 Å². The van der Waals surface area contributed by atoms with E-state index in [4.69, 9.17) is 0 Å². The molecule has 0 spiro atoms. The van der Waals surface area contributed by atoms with Crippen LogP contribution in [0.25, 0.3) is 0 Å². The zero-order valence-corrected chi connectivity index (χ0v) is 10.4. The van der Waals surface area contributed by atoms with Crippen LogP contribution in [0.3, 0.4) is 0 Å². The lowest BCUT2D eigenvalue weighted by molar-refractivity contribution is -0.146. The highest BCUT2D eigenvalue weighted by molar-refractivity contribution is 5.80. The average molecular weight is 246 g/mol. The Morgan fingerprint density at radius 2 is 2.06 bits per heavy atom. The lowest BCUT2D eigenvalue weighted by Gasteiger charge is -2.38. The second-order valence-corrected chi connectivity index (χ2v) is 5.37. The van der Waals surface area contributed by atoms with Crippen LogP contribution in [-0.2, 0) is 10.2 Å². The fraction of sp³-hybridized carbons (Fsp3) is 0.571. The van der Waals surface area contributed by atoms with E-state index >= 15 is 0 Å². The third-order valence-corrected chi connectivity index (χ3v) is 4.28. The third-order valence-electron chi connectivity index (χ3n) is 4.28. The summed E-state index contributed by atoms with van der Waals surface area (Å²) in [4.78, 5) is 18.4. The minimum atomic E-state index is -0.771. The van der Waals surface area contributed by atoms with Crippen molar-refractivity contribution in [3.63, 3.8) is 0 Å². The summed E-state index contributed by atoms with van der Waals surface area (Å²) in [6.45, 7) is 1.76. The van der Waals surface area contributed by atoms with Crippen molar-refractivity contribution in [2.75, 3.05) is 13.1 Å². The Kier molecular flexibility index (Phi) is 2.82. The molecule has 0 bridgehead atoms. The smallest absolute Gasteiger partial charge is 0.315 e. The van der Waals surface area contributed by atoms with Crippen molar-refractivity contribution in [2.45, 2.75) is 37.1 Å². The van der Waals surface area contributed by atoms with Gasteiger partial charge in [-0.05, 0) is 50.9 Å². The number of carbonyl (C=O) groups is 1. The molecule has 1 aromatic rings. The molecule has 1 aliphatic carbocycles. The van der Waals surface area contributed by atoms with Crippen molar-refractivity contribution >= 4 is 5.97 Å². The maximum atomic E-state index is 11.7. The van der Waals surface area contributed by atoms with E-state index < -0.39 is 11.4 Å². The van der Waals surface area contributed by atoms with Crippen LogP contribution in [0.5, 0.6) is 0 Å². The van der Waals surface area contributed by atoms with Gasteiger partial charge in [-0.25, -0.2) is 0 Å². The maximum Gasteiger partial charge on any atom is 0.315 e. The zero-order valence-electron chi connectivity index (χ0n) is 10.4. The Balaban J connectivity index is 1.83. The number of piperidine rings is 1. The Hall–Kier alpha value is -1.42. The fourth-order valence-electron chi connectivity index (χ4n) is 2.94. The molecule has 4 nitrogen and oxygen atoms in total. The molecule has 1 aromatic heterocycles. The lowest BCUT2D eigenvalue weighted by Crippen LogP contribution is -2.48. The molecule has 2 fully saturated rings. The summed E-state index contributed by atoms with van der Waals surface area (Å²) in [5, 5.41) is 9.62. The fourth-order valence-corrected chi connectivity index (χ4v) is 2.94. The van der Waals surface area contributed by atoms with Crippen LogP contribution in [0.1, 0.15) is 31.4 Å². The predicted octanol–water partition coefficient (Wildman–Crippen LogP) is 1.66. The molecule has 1 aliphatic heterocycles. The third kappa shape index (κ3) is 1.90. The first kappa shape index (κ1) is 11.7. The first-order valence-electron chi connectivity index (χ1n) is 6.61. The second-order valence-electron chi connectivity index (χ2n) is 5.37. The molecule has 4 heteroatoms. The van der Waals surface area contributed by atoms with Gasteiger partial charge in [0, 0.05) is 12.2 Å². The van der Waals surface area contributed by atoms with Gasteiger partial charge in [-0.1, -0.05) is 6.07 Å². The van der Waals surface area contributed by atoms with E-state index in [-0.39, 0.29) is 0 Å². The highest BCUT2D eigenvalue weighted by Gasteiger charge is 2.46. The maximum absolute atomic E-state index is 11.7. The van der Waals surface area contributed by atoms with E-state index in [1.165, 1.54) is 12.8 Å². The molecule has 2 aliphatic rings. The number of carboxylic acids is 1. The molecular weight excluding hydrogens is 228 g/mol. The topological polar surface area (TPSA) is 53.4 Å². The highest BCUT2D eigenvalue weighted by atomic mass is 16.4. The van der Waals surface area contributed by atoms with Gasteiger partial charge < -0.3 is 10.0 Å². The van der Waals surface area contributed by atoms with E-state index in [0.29, 0.717) is 18.5 Å². The standard InChI is InChI=1S/C14H18N2O2/c17-13(18)14(12-3-1-2-8-15-12)6-9-16(10-7-14)11-4-5-11/h1-3,8,11H,4-7,9-10H2,(H,17,18). The number of pyridine rings is 1. The molecule has 0 radical (unpaired) electrons. The van der Waals surface area contributed by atoms with Gasteiger partial charge in [0.2, 0.25) is 0 Å². The molecule has 18 heavy (non-hydrogen) atoms.